The molecule has 1 atom stereocenters. The summed E-state index contributed by atoms with van der Waals surface area (Å²) >= 11 is 0. The Morgan fingerprint density at radius 3 is 2.38 bits per heavy atom. The summed E-state index contributed by atoms with van der Waals surface area (Å²) in [6.45, 7) is 0. The minimum absolute atomic E-state index is 0.101. The number of ether oxygens (including phenoxy) is 1. The summed E-state index contributed by atoms with van der Waals surface area (Å²) in [5, 5.41) is 13.1. The highest BCUT2D eigenvalue weighted by molar-refractivity contribution is 6.03. The summed E-state index contributed by atoms with van der Waals surface area (Å²) in [5.74, 6) is 0.509. The number of hydrazone groups is 1. The fraction of sp³-hybridized carbons (Fsp3) is 0.333. The van der Waals surface area contributed by atoms with Crippen LogP contribution in [0, 0.1) is 0 Å². The van der Waals surface area contributed by atoms with Crippen molar-refractivity contribution in [3.8, 4) is 5.75 Å². The van der Waals surface area contributed by atoms with Crippen molar-refractivity contribution in [1.82, 2.24) is 5.01 Å². The second kappa shape index (κ2) is 4.92. The smallest absolute Gasteiger partial charge is 0.438 e. The van der Waals surface area contributed by atoms with E-state index in [-0.39, 0.29) is 10.7 Å². The van der Waals surface area contributed by atoms with E-state index >= 15 is 0 Å². The highest BCUT2D eigenvalue weighted by Crippen LogP contribution is 2.41. The number of hydrogen-bond donors (Lipinski definition) is 2. The summed E-state index contributed by atoms with van der Waals surface area (Å²) in [5.41, 5.74) is 1.64. The van der Waals surface area contributed by atoms with Crippen LogP contribution in [0.5, 0.6) is 5.75 Å². The van der Waals surface area contributed by atoms with Crippen LogP contribution < -0.4 is 10.5 Å². The number of benzene rings is 1. The molecule has 0 saturated heterocycles. The number of methoxy groups -OCH3 is 1. The van der Waals surface area contributed by atoms with E-state index in [4.69, 9.17) is 10.5 Å². The Hall–Kier alpha value is -2.29. The van der Waals surface area contributed by atoms with Gasteiger partial charge in [0.05, 0.1) is 19.2 Å². The van der Waals surface area contributed by atoms with Gasteiger partial charge in [-0.05, 0) is 29.8 Å². The van der Waals surface area contributed by atoms with E-state index in [1.54, 1.807) is 0 Å². The molecular weight excluding hydrogens is 291 g/mol. The van der Waals surface area contributed by atoms with Gasteiger partial charge in [0.15, 0.2) is 0 Å². The van der Waals surface area contributed by atoms with Crippen LogP contribution in [0.3, 0.4) is 0 Å². The van der Waals surface area contributed by atoms with Crippen LogP contribution in [-0.2, 0) is 0 Å². The third kappa shape index (κ3) is 2.51. The van der Waals surface area contributed by atoms with Gasteiger partial charge in [-0.3, -0.25) is 0 Å². The SMILES string of the molecule is COc1ccc(C2=NN(C(N)=O)[C@](O)(C(F)(F)F)C2)cc1. The average molecular weight is 303 g/mol. The van der Waals surface area contributed by atoms with Crippen LogP contribution in [0.1, 0.15) is 12.0 Å². The molecule has 0 unspecified atom stereocenters. The monoisotopic (exact) mass is 303 g/mol. The molecule has 0 aromatic heterocycles. The lowest BCUT2D eigenvalue weighted by Crippen LogP contribution is -2.57. The first-order valence-corrected chi connectivity index (χ1v) is 5.80. The zero-order valence-corrected chi connectivity index (χ0v) is 10.9. The molecule has 0 saturated carbocycles. The van der Waals surface area contributed by atoms with Crippen LogP contribution >= 0.6 is 0 Å². The van der Waals surface area contributed by atoms with Crippen LogP contribution in [-0.4, -0.2) is 40.9 Å². The maximum absolute atomic E-state index is 13.0. The quantitative estimate of drug-likeness (QED) is 0.866. The maximum atomic E-state index is 13.0. The van der Waals surface area contributed by atoms with Crippen molar-refractivity contribution in [2.45, 2.75) is 18.3 Å². The molecule has 1 aromatic rings. The number of amides is 2. The van der Waals surface area contributed by atoms with Gasteiger partial charge < -0.3 is 15.6 Å². The van der Waals surface area contributed by atoms with Gasteiger partial charge in [0.2, 0.25) is 0 Å². The summed E-state index contributed by atoms with van der Waals surface area (Å²) in [7, 11) is 1.44. The van der Waals surface area contributed by atoms with E-state index in [0.29, 0.717) is 11.3 Å². The molecule has 1 heterocycles. The molecule has 3 N–H and O–H groups in total. The highest BCUT2D eigenvalue weighted by atomic mass is 19.4. The Bertz CT molecular complexity index is 586. The van der Waals surface area contributed by atoms with Gasteiger partial charge in [0.25, 0.3) is 5.72 Å². The van der Waals surface area contributed by atoms with E-state index in [9.17, 15) is 23.1 Å². The molecule has 0 fully saturated rings. The largest absolute Gasteiger partial charge is 0.497 e. The second-order valence-corrected chi connectivity index (χ2v) is 4.42. The lowest BCUT2D eigenvalue weighted by Gasteiger charge is -2.31. The first kappa shape index (κ1) is 15.1. The van der Waals surface area contributed by atoms with Gasteiger partial charge in [0.1, 0.15) is 5.75 Å². The number of urea groups is 1. The molecule has 0 aliphatic carbocycles. The van der Waals surface area contributed by atoms with Gasteiger partial charge in [-0.1, -0.05) is 0 Å². The Morgan fingerprint density at radius 1 is 1.43 bits per heavy atom. The van der Waals surface area contributed by atoms with Crippen LogP contribution in [0.4, 0.5) is 18.0 Å². The third-order valence-corrected chi connectivity index (χ3v) is 3.07. The van der Waals surface area contributed by atoms with Crippen molar-refractivity contribution in [2.75, 3.05) is 7.11 Å². The Kier molecular flexibility index (Phi) is 3.54. The predicted octanol–water partition coefficient (Wildman–Crippen LogP) is 1.43. The lowest BCUT2D eigenvalue weighted by atomic mass is 10.0. The molecule has 21 heavy (non-hydrogen) atoms. The Labute approximate surface area is 117 Å². The minimum atomic E-state index is -5.08. The first-order chi connectivity index (χ1) is 9.69. The minimum Gasteiger partial charge on any atom is -0.497 e. The molecule has 1 aliphatic heterocycles. The van der Waals surface area contributed by atoms with Crippen LogP contribution in [0.2, 0.25) is 0 Å². The summed E-state index contributed by atoms with van der Waals surface area (Å²) in [6, 6.07) is 4.51. The number of carbonyl (C=O) groups is 1. The molecule has 2 rings (SSSR count). The number of alkyl halides is 3. The zero-order valence-electron chi connectivity index (χ0n) is 10.9. The number of nitrogens with zero attached hydrogens (tertiary/aromatic N) is 2. The topological polar surface area (TPSA) is 88.1 Å². The molecule has 6 nitrogen and oxygen atoms in total. The average Bonchev–Trinajstić information content (AvgIpc) is 2.78. The molecule has 1 aromatic carbocycles. The number of primary amides is 1. The molecule has 1 aliphatic rings. The van der Waals surface area contributed by atoms with Gasteiger partial charge in [0, 0.05) is 0 Å². The summed E-state index contributed by atoms with van der Waals surface area (Å²) < 4.78 is 43.8. The summed E-state index contributed by atoms with van der Waals surface area (Å²) in [4.78, 5) is 11.1. The molecular formula is C12H12F3N3O3. The van der Waals surface area contributed by atoms with Gasteiger partial charge in [-0.2, -0.15) is 23.3 Å². The van der Waals surface area contributed by atoms with Crippen molar-refractivity contribution in [3.63, 3.8) is 0 Å². The standard InChI is InChI=1S/C12H12F3N3O3/c1-21-8-4-2-7(3-5-8)9-6-11(20,12(13,14)15)18(17-9)10(16)19/h2-5,20H,6H2,1H3,(H2,16,19)/t11-/m1/s1. The molecule has 9 heteroatoms. The first-order valence-electron chi connectivity index (χ1n) is 5.80. The van der Waals surface area contributed by atoms with Crippen LogP contribution in [0.15, 0.2) is 29.4 Å². The van der Waals surface area contributed by atoms with Crippen LogP contribution in [0.25, 0.3) is 0 Å². The lowest BCUT2D eigenvalue weighted by molar-refractivity contribution is -0.296. The van der Waals surface area contributed by atoms with Gasteiger partial charge in [-0.15, -0.1) is 0 Å². The third-order valence-electron chi connectivity index (χ3n) is 3.07. The predicted molar refractivity (Wildman–Crippen MR) is 66.6 cm³/mol. The second-order valence-electron chi connectivity index (χ2n) is 4.42. The van der Waals surface area contributed by atoms with Crippen molar-refractivity contribution in [2.24, 2.45) is 10.8 Å². The molecule has 2 amide bonds. The fourth-order valence-electron chi connectivity index (χ4n) is 1.94. The number of aliphatic hydroxyl groups is 1. The van der Waals surface area contributed by atoms with E-state index in [2.05, 4.69) is 5.10 Å². The Balaban J connectivity index is 2.38. The van der Waals surface area contributed by atoms with E-state index < -0.39 is 24.4 Å². The molecule has 0 spiro atoms. The number of halogens is 3. The van der Waals surface area contributed by atoms with Crippen molar-refractivity contribution >= 4 is 11.7 Å². The number of nitrogens with two attached hydrogens (primary N) is 1. The fourth-order valence-corrected chi connectivity index (χ4v) is 1.94. The van der Waals surface area contributed by atoms with Crippen molar-refractivity contribution in [3.05, 3.63) is 29.8 Å². The Morgan fingerprint density at radius 2 is 2.00 bits per heavy atom. The van der Waals surface area contributed by atoms with Crippen molar-refractivity contribution < 1.29 is 27.8 Å². The number of carbonyl (C=O) groups excluding carboxylic acids is 1. The van der Waals surface area contributed by atoms with Crippen molar-refractivity contribution in [1.29, 1.82) is 0 Å². The maximum Gasteiger partial charge on any atom is 0.438 e. The molecule has 114 valence electrons. The van der Waals surface area contributed by atoms with Gasteiger partial charge >= 0.3 is 12.2 Å². The normalized spacial score (nSPS) is 22.1. The number of hydrogen-bond acceptors (Lipinski definition) is 4. The zero-order chi connectivity index (χ0) is 15.8. The molecule has 0 radical (unpaired) electrons. The van der Waals surface area contributed by atoms with E-state index in [0.717, 1.165) is 0 Å². The highest BCUT2D eigenvalue weighted by Gasteiger charge is 2.63. The molecule has 0 bridgehead atoms. The number of rotatable bonds is 2. The summed E-state index contributed by atoms with van der Waals surface area (Å²) in [6.07, 6.45) is -5.98. The van der Waals surface area contributed by atoms with E-state index in [1.807, 2.05) is 0 Å². The van der Waals surface area contributed by atoms with E-state index in [1.165, 1.54) is 31.4 Å². The van der Waals surface area contributed by atoms with Gasteiger partial charge in [-0.25, -0.2) is 4.79 Å².